The van der Waals surface area contributed by atoms with Gasteiger partial charge in [0.2, 0.25) is 0 Å². The van der Waals surface area contributed by atoms with Crippen LogP contribution in [-0.2, 0) is 6.54 Å². The number of aliphatic hydroxyl groups is 1. The lowest BCUT2D eigenvalue weighted by atomic mass is 9.95. The zero-order valence-electron chi connectivity index (χ0n) is 13.8. The number of likely N-dealkylation sites (tertiary alicyclic amines) is 1. The van der Waals surface area contributed by atoms with Crippen molar-refractivity contribution in [1.29, 1.82) is 0 Å². The van der Waals surface area contributed by atoms with E-state index in [1.807, 2.05) is 18.4 Å². The summed E-state index contributed by atoms with van der Waals surface area (Å²) in [6.07, 6.45) is 2.31. The monoisotopic (exact) mass is 365 g/mol. The Morgan fingerprint density at radius 2 is 2.29 bits per heavy atom. The molecule has 7 heteroatoms. The van der Waals surface area contributed by atoms with Crippen LogP contribution in [0.25, 0.3) is 0 Å². The maximum Gasteiger partial charge on any atom is 0.261 e. The summed E-state index contributed by atoms with van der Waals surface area (Å²) in [4.78, 5) is 19.6. The van der Waals surface area contributed by atoms with Gasteiger partial charge in [-0.25, -0.2) is 4.98 Å². The molecule has 0 bridgehead atoms. The lowest BCUT2D eigenvalue weighted by molar-refractivity contribution is 0.0249. The van der Waals surface area contributed by atoms with Crippen molar-refractivity contribution in [2.45, 2.75) is 38.3 Å². The second-order valence-corrected chi connectivity index (χ2v) is 8.38. The molecule has 1 aliphatic heterocycles. The van der Waals surface area contributed by atoms with Crippen LogP contribution in [0, 0.1) is 6.92 Å². The molecule has 0 spiro atoms. The molecule has 0 radical (unpaired) electrons. The average molecular weight is 366 g/mol. The number of amides is 1. The van der Waals surface area contributed by atoms with Gasteiger partial charge in [-0.15, -0.1) is 22.7 Å². The van der Waals surface area contributed by atoms with Crippen molar-refractivity contribution in [3.63, 3.8) is 0 Å². The summed E-state index contributed by atoms with van der Waals surface area (Å²) in [7, 11) is 0. The van der Waals surface area contributed by atoms with E-state index in [0.29, 0.717) is 24.3 Å². The SMILES string of the molecule is Cc1nc(CN2CCC[C@](O)(CNC(=O)c3cccs3)CC2)cs1. The van der Waals surface area contributed by atoms with Crippen LogP contribution >= 0.6 is 22.7 Å². The third kappa shape index (κ3) is 4.63. The fraction of sp³-hybridized carbons (Fsp3) is 0.529. The first-order valence-corrected chi connectivity index (χ1v) is 9.97. The van der Waals surface area contributed by atoms with Crippen LogP contribution in [0.3, 0.4) is 0 Å². The minimum atomic E-state index is -0.820. The van der Waals surface area contributed by atoms with E-state index in [4.69, 9.17) is 0 Å². The lowest BCUT2D eigenvalue weighted by Crippen LogP contribution is -2.43. The van der Waals surface area contributed by atoms with Gasteiger partial charge < -0.3 is 10.4 Å². The van der Waals surface area contributed by atoms with E-state index < -0.39 is 5.60 Å². The van der Waals surface area contributed by atoms with Gasteiger partial charge in [0, 0.05) is 25.0 Å². The van der Waals surface area contributed by atoms with Crippen molar-refractivity contribution in [3.05, 3.63) is 38.5 Å². The molecule has 0 saturated carbocycles. The Labute approximate surface area is 150 Å². The van der Waals surface area contributed by atoms with Gasteiger partial charge in [0.1, 0.15) is 0 Å². The molecule has 1 fully saturated rings. The molecule has 2 N–H and O–H groups in total. The molecule has 2 aromatic heterocycles. The molecule has 24 heavy (non-hydrogen) atoms. The summed E-state index contributed by atoms with van der Waals surface area (Å²) in [5, 5.41) is 18.8. The summed E-state index contributed by atoms with van der Waals surface area (Å²) in [6.45, 7) is 4.95. The number of carbonyl (C=O) groups is 1. The first-order chi connectivity index (χ1) is 11.5. The number of rotatable bonds is 5. The van der Waals surface area contributed by atoms with E-state index in [0.717, 1.165) is 36.8 Å². The third-order valence-corrected chi connectivity index (χ3v) is 6.08. The molecule has 3 rings (SSSR count). The number of carbonyl (C=O) groups excluding carboxylic acids is 1. The van der Waals surface area contributed by atoms with Crippen LogP contribution in [0.15, 0.2) is 22.9 Å². The highest BCUT2D eigenvalue weighted by atomic mass is 32.1. The van der Waals surface area contributed by atoms with Gasteiger partial charge in [-0.1, -0.05) is 6.07 Å². The second-order valence-electron chi connectivity index (χ2n) is 6.37. The van der Waals surface area contributed by atoms with Crippen LogP contribution in [-0.4, -0.2) is 46.1 Å². The van der Waals surface area contributed by atoms with Crippen LogP contribution in [0.5, 0.6) is 0 Å². The zero-order chi connectivity index (χ0) is 17.0. The topological polar surface area (TPSA) is 65.5 Å². The maximum absolute atomic E-state index is 12.1. The van der Waals surface area contributed by atoms with Gasteiger partial charge in [0.25, 0.3) is 5.91 Å². The fourth-order valence-electron chi connectivity index (χ4n) is 3.02. The molecule has 0 aliphatic carbocycles. The summed E-state index contributed by atoms with van der Waals surface area (Å²) in [5.41, 5.74) is 0.286. The second kappa shape index (κ2) is 7.74. The quantitative estimate of drug-likeness (QED) is 0.855. The fourth-order valence-corrected chi connectivity index (χ4v) is 4.26. The normalized spacial score (nSPS) is 22.2. The number of hydrogen-bond donors (Lipinski definition) is 2. The number of thiophene rings is 1. The van der Waals surface area contributed by atoms with E-state index in [-0.39, 0.29) is 5.91 Å². The van der Waals surface area contributed by atoms with Crippen molar-refractivity contribution in [2.24, 2.45) is 0 Å². The highest BCUT2D eigenvalue weighted by Crippen LogP contribution is 2.23. The van der Waals surface area contributed by atoms with E-state index >= 15 is 0 Å². The number of aryl methyl sites for hydroxylation is 1. The molecule has 0 aromatic carbocycles. The maximum atomic E-state index is 12.1. The minimum absolute atomic E-state index is 0.0996. The first kappa shape index (κ1) is 17.5. The van der Waals surface area contributed by atoms with Gasteiger partial charge in [-0.05, 0) is 44.2 Å². The molecule has 3 heterocycles. The number of nitrogens with one attached hydrogen (secondary N) is 1. The van der Waals surface area contributed by atoms with E-state index in [1.54, 1.807) is 17.4 Å². The van der Waals surface area contributed by atoms with Crippen molar-refractivity contribution < 1.29 is 9.90 Å². The van der Waals surface area contributed by atoms with Gasteiger partial charge in [-0.3, -0.25) is 9.69 Å². The molecule has 1 amide bonds. The average Bonchev–Trinajstić information content (AvgIpc) is 3.19. The molecule has 0 unspecified atom stereocenters. The van der Waals surface area contributed by atoms with Gasteiger partial charge in [0.05, 0.1) is 21.2 Å². The Morgan fingerprint density at radius 3 is 3.00 bits per heavy atom. The lowest BCUT2D eigenvalue weighted by Gasteiger charge is -2.27. The highest BCUT2D eigenvalue weighted by Gasteiger charge is 2.30. The Hall–Kier alpha value is -1.28. The largest absolute Gasteiger partial charge is 0.388 e. The number of hydrogen-bond acceptors (Lipinski definition) is 6. The van der Waals surface area contributed by atoms with Crippen molar-refractivity contribution >= 4 is 28.6 Å². The number of nitrogens with zero attached hydrogens (tertiary/aromatic N) is 2. The smallest absolute Gasteiger partial charge is 0.261 e. The third-order valence-electron chi connectivity index (χ3n) is 4.39. The Balaban J connectivity index is 1.51. The van der Waals surface area contributed by atoms with Crippen LogP contribution < -0.4 is 5.32 Å². The Kier molecular flexibility index (Phi) is 5.65. The predicted octanol–water partition coefficient (Wildman–Crippen LogP) is 2.66. The van der Waals surface area contributed by atoms with Crippen LogP contribution in [0.2, 0.25) is 0 Å². The van der Waals surface area contributed by atoms with Crippen molar-refractivity contribution in [3.8, 4) is 0 Å². The molecule has 1 aliphatic rings. The van der Waals surface area contributed by atoms with E-state index in [2.05, 4.69) is 20.6 Å². The minimum Gasteiger partial charge on any atom is -0.388 e. The Bertz CT molecular complexity index is 671. The van der Waals surface area contributed by atoms with Gasteiger partial charge >= 0.3 is 0 Å². The summed E-state index contributed by atoms with van der Waals surface area (Å²) in [6, 6.07) is 3.66. The molecular formula is C17H23N3O2S2. The zero-order valence-corrected chi connectivity index (χ0v) is 15.5. The van der Waals surface area contributed by atoms with E-state index in [9.17, 15) is 9.90 Å². The first-order valence-electron chi connectivity index (χ1n) is 8.22. The standard InChI is InChI=1S/C17H23N3O2S2/c1-13-19-14(11-24-13)10-20-7-3-5-17(22,6-8-20)12-18-16(21)15-4-2-9-23-15/h2,4,9,11,22H,3,5-8,10,12H2,1H3,(H,18,21)/t17-/m1/s1. The highest BCUT2D eigenvalue weighted by molar-refractivity contribution is 7.12. The molecule has 2 aromatic rings. The van der Waals surface area contributed by atoms with Crippen molar-refractivity contribution in [2.75, 3.05) is 19.6 Å². The summed E-state index contributed by atoms with van der Waals surface area (Å²) < 4.78 is 0. The summed E-state index contributed by atoms with van der Waals surface area (Å²) in [5.74, 6) is -0.0996. The summed E-state index contributed by atoms with van der Waals surface area (Å²) >= 11 is 3.09. The molecule has 130 valence electrons. The molecule has 5 nitrogen and oxygen atoms in total. The Morgan fingerprint density at radius 1 is 1.42 bits per heavy atom. The predicted molar refractivity (Wildman–Crippen MR) is 97.6 cm³/mol. The van der Waals surface area contributed by atoms with Gasteiger partial charge in [-0.2, -0.15) is 0 Å². The molecular weight excluding hydrogens is 342 g/mol. The van der Waals surface area contributed by atoms with E-state index in [1.165, 1.54) is 11.3 Å². The van der Waals surface area contributed by atoms with Crippen LogP contribution in [0.4, 0.5) is 0 Å². The number of thiazole rings is 1. The molecule has 1 atom stereocenters. The van der Waals surface area contributed by atoms with Crippen LogP contribution in [0.1, 0.15) is 39.6 Å². The van der Waals surface area contributed by atoms with Gasteiger partial charge in [0.15, 0.2) is 0 Å². The van der Waals surface area contributed by atoms with Crippen molar-refractivity contribution in [1.82, 2.24) is 15.2 Å². The molecule has 1 saturated heterocycles. The number of aromatic nitrogens is 1.